The third-order valence-electron chi connectivity index (χ3n) is 8.49. The van der Waals surface area contributed by atoms with E-state index in [1.54, 1.807) is 6.92 Å². The molecule has 4 aliphatic carbocycles. The van der Waals surface area contributed by atoms with Gasteiger partial charge in [-0.05, 0) is 86.0 Å². The molecule has 3 fully saturated rings. The second kappa shape index (κ2) is 5.29. The lowest BCUT2D eigenvalue weighted by Gasteiger charge is -2.59. The van der Waals surface area contributed by atoms with Crippen LogP contribution in [0.15, 0.2) is 11.6 Å². The molecule has 0 aliphatic heterocycles. The molecule has 0 saturated heterocycles. The Morgan fingerprint density at radius 1 is 1.08 bits per heavy atom. The fourth-order valence-electron chi connectivity index (χ4n) is 7.38. The predicted octanol–water partition coefficient (Wildman–Crippen LogP) is 4.93. The minimum absolute atomic E-state index is 0.148. The van der Waals surface area contributed by atoms with E-state index in [4.69, 9.17) is 0 Å². The van der Waals surface area contributed by atoms with Crippen LogP contribution in [0.1, 0.15) is 72.6 Å². The van der Waals surface area contributed by atoms with Crippen LogP contribution in [0, 0.1) is 40.4 Å². The number of ketones is 2. The van der Waals surface area contributed by atoms with Gasteiger partial charge in [0.2, 0.25) is 0 Å². The zero-order valence-corrected chi connectivity index (χ0v) is 15.7. The number of hydrogen-bond donors (Lipinski definition) is 0. The highest BCUT2D eigenvalue weighted by atomic mass is 16.1. The summed E-state index contributed by atoms with van der Waals surface area (Å²) in [7, 11) is 0. The van der Waals surface area contributed by atoms with E-state index >= 15 is 0 Å². The molecule has 0 amide bonds. The number of fused-ring (bicyclic) bond motifs is 5. The van der Waals surface area contributed by atoms with Gasteiger partial charge in [0.15, 0.2) is 5.78 Å². The Hall–Kier alpha value is -0.920. The number of carbonyl (C=O) groups excluding carboxylic acids is 2. The first-order chi connectivity index (χ1) is 11.3. The number of rotatable bonds is 1. The third kappa shape index (κ3) is 2.07. The summed E-state index contributed by atoms with van der Waals surface area (Å²) < 4.78 is 0. The molecule has 131 valence electrons. The molecule has 0 bridgehead atoms. The van der Waals surface area contributed by atoms with E-state index in [1.165, 1.54) is 37.2 Å². The minimum Gasteiger partial charge on any atom is -0.299 e. The van der Waals surface area contributed by atoms with Gasteiger partial charge in [-0.1, -0.05) is 26.3 Å². The van der Waals surface area contributed by atoms with Gasteiger partial charge in [0.1, 0.15) is 5.78 Å². The van der Waals surface area contributed by atoms with E-state index in [1.807, 2.05) is 6.08 Å². The van der Waals surface area contributed by atoms with Crippen LogP contribution in [-0.4, -0.2) is 11.6 Å². The van der Waals surface area contributed by atoms with Gasteiger partial charge in [0.05, 0.1) is 0 Å². The summed E-state index contributed by atoms with van der Waals surface area (Å²) in [6.07, 6.45) is 9.59. The van der Waals surface area contributed by atoms with Crippen molar-refractivity contribution in [1.82, 2.24) is 0 Å². The average Bonchev–Trinajstić information content (AvgIpc) is 2.87. The maximum atomic E-state index is 12.2. The van der Waals surface area contributed by atoms with Crippen molar-refractivity contribution in [2.45, 2.75) is 72.6 Å². The normalized spacial score (nSPS) is 48.3. The van der Waals surface area contributed by atoms with Crippen molar-refractivity contribution in [3.8, 4) is 0 Å². The monoisotopic (exact) mass is 327 g/mol. The fraction of sp³-hybridized carbons (Fsp3) is 0.773. The lowest BCUT2D eigenvalue weighted by Crippen LogP contribution is -2.52. The van der Waals surface area contributed by atoms with Gasteiger partial charge in [0, 0.05) is 12.3 Å². The Labute approximate surface area is 146 Å². The summed E-state index contributed by atoms with van der Waals surface area (Å²) in [6, 6.07) is 0. The molecule has 4 rings (SSSR count). The van der Waals surface area contributed by atoms with Crippen molar-refractivity contribution in [3.63, 3.8) is 0 Å². The summed E-state index contributed by atoms with van der Waals surface area (Å²) in [5.74, 6) is 4.52. The van der Waals surface area contributed by atoms with E-state index in [-0.39, 0.29) is 10.8 Å². The van der Waals surface area contributed by atoms with E-state index in [0.717, 1.165) is 25.2 Å². The van der Waals surface area contributed by atoms with Gasteiger partial charge >= 0.3 is 0 Å². The largest absolute Gasteiger partial charge is 0.299 e. The Morgan fingerprint density at radius 3 is 2.50 bits per heavy atom. The second-order valence-electron chi connectivity index (χ2n) is 9.53. The summed E-state index contributed by atoms with van der Waals surface area (Å²) in [6.45, 7) is 8.91. The van der Waals surface area contributed by atoms with Crippen LogP contribution in [0.25, 0.3) is 0 Å². The minimum atomic E-state index is 0.148. The van der Waals surface area contributed by atoms with Crippen LogP contribution in [0.3, 0.4) is 0 Å². The van der Waals surface area contributed by atoms with Gasteiger partial charge in [-0.15, -0.1) is 0 Å². The van der Waals surface area contributed by atoms with Crippen LogP contribution in [0.2, 0.25) is 0 Å². The Morgan fingerprint density at radius 2 is 1.79 bits per heavy atom. The maximum absolute atomic E-state index is 12.2. The van der Waals surface area contributed by atoms with Crippen LogP contribution in [-0.2, 0) is 9.59 Å². The van der Waals surface area contributed by atoms with Crippen molar-refractivity contribution in [2.75, 3.05) is 0 Å². The van der Waals surface area contributed by atoms with E-state index in [0.29, 0.717) is 29.3 Å². The van der Waals surface area contributed by atoms with Crippen LogP contribution < -0.4 is 0 Å². The molecule has 1 radical (unpaired) electrons. The number of carbonyl (C=O) groups is 2. The Bertz CT molecular complexity index is 617. The van der Waals surface area contributed by atoms with Gasteiger partial charge in [0.25, 0.3) is 0 Å². The molecule has 6 atom stereocenters. The van der Waals surface area contributed by atoms with Gasteiger partial charge in [-0.2, -0.15) is 0 Å². The lowest BCUT2D eigenvalue weighted by atomic mass is 9.45. The first kappa shape index (κ1) is 16.5. The van der Waals surface area contributed by atoms with Gasteiger partial charge in [-0.25, -0.2) is 0 Å². The molecule has 0 spiro atoms. The zero-order chi connectivity index (χ0) is 17.3. The van der Waals surface area contributed by atoms with Gasteiger partial charge < -0.3 is 0 Å². The highest BCUT2D eigenvalue weighted by molar-refractivity contribution is 5.92. The first-order valence-electron chi connectivity index (χ1n) is 9.89. The molecule has 0 N–H and O–H groups in total. The molecule has 0 unspecified atom stereocenters. The molecular formula is C22H31O2. The van der Waals surface area contributed by atoms with Crippen molar-refractivity contribution in [1.29, 1.82) is 0 Å². The second-order valence-corrected chi connectivity index (χ2v) is 9.53. The molecule has 0 heterocycles. The summed E-state index contributed by atoms with van der Waals surface area (Å²) in [4.78, 5) is 24.2. The van der Waals surface area contributed by atoms with Crippen molar-refractivity contribution in [2.24, 2.45) is 34.5 Å². The van der Waals surface area contributed by atoms with Crippen molar-refractivity contribution in [3.05, 3.63) is 17.6 Å². The van der Waals surface area contributed by atoms with E-state index in [9.17, 15) is 9.59 Å². The summed E-state index contributed by atoms with van der Waals surface area (Å²) >= 11 is 0. The molecule has 24 heavy (non-hydrogen) atoms. The highest BCUT2D eigenvalue weighted by Crippen LogP contribution is 2.67. The van der Waals surface area contributed by atoms with E-state index < -0.39 is 0 Å². The molecule has 4 aliphatic rings. The smallest absolute Gasteiger partial charge is 0.155 e. The molecule has 0 aromatic rings. The first-order valence-corrected chi connectivity index (χ1v) is 9.89. The Balaban J connectivity index is 1.71. The zero-order valence-electron chi connectivity index (χ0n) is 15.7. The summed E-state index contributed by atoms with van der Waals surface area (Å²) in [5, 5.41) is 0. The van der Waals surface area contributed by atoms with Gasteiger partial charge in [-0.3, -0.25) is 9.59 Å². The SMILES string of the molecule is CC(=O)[C]1CC[C@H]2[C@@H]3C[C@H](C)C4=CC(=O)CC[C@]4(C)[C@H]3CC[C@]12C. The predicted molar refractivity (Wildman–Crippen MR) is 95.2 cm³/mol. The van der Waals surface area contributed by atoms with Crippen molar-refractivity contribution >= 4 is 11.6 Å². The summed E-state index contributed by atoms with van der Waals surface area (Å²) in [5.41, 5.74) is 1.81. The molecule has 0 aromatic heterocycles. The quantitative estimate of drug-likeness (QED) is 0.684. The van der Waals surface area contributed by atoms with Crippen LogP contribution in [0.4, 0.5) is 0 Å². The topological polar surface area (TPSA) is 34.1 Å². The maximum Gasteiger partial charge on any atom is 0.155 e. The molecule has 0 aromatic carbocycles. The van der Waals surface area contributed by atoms with Crippen molar-refractivity contribution < 1.29 is 9.59 Å². The van der Waals surface area contributed by atoms with Crippen LogP contribution in [0.5, 0.6) is 0 Å². The van der Waals surface area contributed by atoms with E-state index in [2.05, 4.69) is 20.8 Å². The molecule has 3 saturated carbocycles. The molecular weight excluding hydrogens is 296 g/mol. The highest BCUT2D eigenvalue weighted by Gasteiger charge is 2.60. The third-order valence-corrected chi connectivity index (χ3v) is 8.49. The fourth-order valence-corrected chi connectivity index (χ4v) is 7.38. The lowest BCUT2D eigenvalue weighted by molar-refractivity contribution is -0.120. The number of hydrogen-bond acceptors (Lipinski definition) is 2. The number of Topliss-reactive ketones (excluding diaryl/α,β-unsaturated/α-hetero) is 1. The van der Waals surface area contributed by atoms with Crippen LogP contribution >= 0.6 is 0 Å². The average molecular weight is 327 g/mol. The number of allylic oxidation sites excluding steroid dienone is 1. The molecule has 2 nitrogen and oxygen atoms in total. The molecule has 2 heteroatoms. The standard InChI is InChI=1S/C22H31O2/c1-13-11-16-18-6-5-17(14(2)23)21(18,3)10-8-19(16)22(4)9-7-15(24)12-20(13)22/h12-13,16,18-19H,5-11H2,1-4H3/t13-,16-,18-,19-,21+,22+/m0/s1. The Kier molecular flexibility index (Phi) is 3.64.